The minimum absolute atomic E-state index is 0.249. The monoisotopic (exact) mass is 242 g/mol. The van der Waals surface area contributed by atoms with Crippen molar-refractivity contribution >= 4 is 11.9 Å². The third kappa shape index (κ3) is 12.4. The van der Waals surface area contributed by atoms with E-state index in [2.05, 4.69) is 24.8 Å². The van der Waals surface area contributed by atoms with Gasteiger partial charge in [-0.1, -0.05) is 33.4 Å². The summed E-state index contributed by atoms with van der Waals surface area (Å²) in [5, 5.41) is 0. The number of carbonyl (C=O) groups excluding carboxylic acids is 2. The Hall–Kier alpha value is -1.58. The van der Waals surface area contributed by atoms with Gasteiger partial charge in [-0.3, -0.25) is 0 Å². The van der Waals surface area contributed by atoms with Crippen LogP contribution in [0.15, 0.2) is 24.8 Å². The zero-order chi connectivity index (χ0) is 13.7. The molecule has 17 heavy (non-hydrogen) atoms. The van der Waals surface area contributed by atoms with Crippen LogP contribution in [0.1, 0.15) is 33.1 Å². The molecule has 0 bridgehead atoms. The SMILES string of the molecule is C=C(CC)C(=O)OCCCC.C=CC(=O)OC. The molecule has 0 aliphatic heterocycles. The average Bonchev–Trinajstić information content (AvgIpc) is 2.37. The van der Waals surface area contributed by atoms with Gasteiger partial charge in [-0.05, 0) is 12.8 Å². The van der Waals surface area contributed by atoms with Crippen molar-refractivity contribution in [3.05, 3.63) is 24.8 Å². The molecule has 0 aromatic heterocycles. The van der Waals surface area contributed by atoms with Gasteiger partial charge in [0.15, 0.2) is 0 Å². The Bertz CT molecular complexity index is 256. The molecular formula is C13H22O4. The van der Waals surface area contributed by atoms with E-state index in [4.69, 9.17) is 4.74 Å². The largest absolute Gasteiger partial charge is 0.466 e. The van der Waals surface area contributed by atoms with E-state index in [-0.39, 0.29) is 5.97 Å². The molecule has 0 unspecified atom stereocenters. The summed E-state index contributed by atoms with van der Waals surface area (Å²) in [6.07, 6.45) is 3.76. The van der Waals surface area contributed by atoms with Crippen LogP contribution in [0.4, 0.5) is 0 Å². The standard InChI is InChI=1S/C9H16O2.C4H6O2/c1-4-6-7-11-9(10)8(3)5-2;1-3-4(5)6-2/h3-7H2,1-2H3;3H,1H2,2H3. The highest BCUT2D eigenvalue weighted by Gasteiger charge is 2.04. The number of hydrogen-bond acceptors (Lipinski definition) is 4. The van der Waals surface area contributed by atoms with Crippen molar-refractivity contribution in [3.8, 4) is 0 Å². The maximum Gasteiger partial charge on any atom is 0.333 e. The lowest BCUT2D eigenvalue weighted by molar-refractivity contribution is -0.139. The fourth-order valence-corrected chi connectivity index (χ4v) is 0.639. The minimum atomic E-state index is -0.394. The lowest BCUT2D eigenvalue weighted by Crippen LogP contribution is -2.07. The van der Waals surface area contributed by atoms with Gasteiger partial charge in [0, 0.05) is 11.6 Å². The van der Waals surface area contributed by atoms with Crippen molar-refractivity contribution in [2.45, 2.75) is 33.1 Å². The summed E-state index contributed by atoms with van der Waals surface area (Å²) < 4.78 is 9.04. The van der Waals surface area contributed by atoms with E-state index in [0.29, 0.717) is 18.6 Å². The van der Waals surface area contributed by atoms with Crippen LogP contribution >= 0.6 is 0 Å². The molecule has 98 valence electrons. The Balaban J connectivity index is 0. The number of rotatable bonds is 6. The zero-order valence-corrected chi connectivity index (χ0v) is 11.0. The third-order valence-corrected chi connectivity index (χ3v) is 1.81. The van der Waals surface area contributed by atoms with Gasteiger partial charge in [0.05, 0.1) is 13.7 Å². The summed E-state index contributed by atoms with van der Waals surface area (Å²) in [7, 11) is 1.31. The summed E-state index contributed by atoms with van der Waals surface area (Å²) in [5.41, 5.74) is 0.557. The summed E-state index contributed by atoms with van der Waals surface area (Å²) in [4.78, 5) is 20.8. The van der Waals surface area contributed by atoms with Crippen LogP contribution < -0.4 is 0 Å². The second kappa shape index (κ2) is 12.5. The quantitative estimate of drug-likeness (QED) is 0.408. The van der Waals surface area contributed by atoms with Crippen LogP contribution in [0.2, 0.25) is 0 Å². The van der Waals surface area contributed by atoms with E-state index in [1.165, 1.54) is 7.11 Å². The maximum absolute atomic E-state index is 10.9. The third-order valence-electron chi connectivity index (χ3n) is 1.81. The van der Waals surface area contributed by atoms with Crippen molar-refractivity contribution in [2.24, 2.45) is 0 Å². The van der Waals surface area contributed by atoms with Crippen LogP contribution in [0.5, 0.6) is 0 Å². The molecule has 0 aliphatic carbocycles. The number of esters is 2. The highest BCUT2D eigenvalue weighted by molar-refractivity contribution is 5.87. The van der Waals surface area contributed by atoms with Crippen LogP contribution in [0.25, 0.3) is 0 Å². The Morgan fingerprint density at radius 1 is 1.29 bits per heavy atom. The van der Waals surface area contributed by atoms with Crippen LogP contribution in [0.3, 0.4) is 0 Å². The molecule has 0 N–H and O–H groups in total. The number of ether oxygens (including phenoxy) is 2. The molecule has 0 aromatic rings. The van der Waals surface area contributed by atoms with E-state index in [1.807, 2.05) is 6.92 Å². The first-order chi connectivity index (χ1) is 8.03. The van der Waals surface area contributed by atoms with Crippen molar-refractivity contribution in [1.29, 1.82) is 0 Å². The van der Waals surface area contributed by atoms with E-state index < -0.39 is 5.97 Å². The zero-order valence-electron chi connectivity index (χ0n) is 11.0. The summed E-state index contributed by atoms with van der Waals surface area (Å²) >= 11 is 0. The fourth-order valence-electron chi connectivity index (χ4n) is 0.639. The van der Waals surface area contributed by atoms with Gasteiger partial charge in [0.1, 0.15) is 0 Å². The molecule has 4 heteroatoms. The first-order valence-electron chi connectivity index (χ1n) is 5.58. The molecule has 0 saturated heterocycles. The van der Waals surface area contributed by atoms with Crippen molar-refractivity contribution in [2.75, 3.05) is 13.7 Å². The Morgan fingerprint density at radius 3 is 2.18 bits per heavy atom. The Morgan fingerprint density at radius 2 is 1.88 bits per heavy atom. The Labute approximate surface area is 103 Å². The molecule has 4 nitrogen and oxygen atoms in total. The summed E-state index contributed by atoms with van der Waals surface area (Å²) in [5.74, 6) is -0.643. The van der Waals surface area contributed by atoms with Crippen LogP contribution in [-0.4, -0.2) is 25.7 Å². The molecule has 0 amide bonds. The molecule has 0 fully saturated rings. The molecule has 0 atom stereocenters. The molecule has 0 aromatic carbocycles. The average molecular weight is 242 g/mol. The molecule has 0 radical (unpaired) electrons. The van der Waals surface area contributed by atoms with Gasteiger partial charge in [-0.15, -0.1) is 0 Å². The number of methoxy groups -OCH3 is 1. The number of carbonyl (C=O) groups is 2. The second-order valence-electron chi connectivity index (χ2n) is 3.17. The lowest BCUT2D eigenvalue weighted by Gasteiger charge is -2.03. The molecule has 0 heterocycles. The van der Waals surface area contributed by atoms with E-state index in [1.54, 1.807) is 0 Å². The first-order valence-corrected chi connectivity index (χ1v) is 5.58. The summed E-state index contributed by atoms with van der Waals surface area (Å²) in [6.45, 7) is 11.2. The minimum Gasteiger partial charge on any atom is -0.466 e. The van der Waals surface area contributed by atoms with Crippen molar-refractivity contribution in [1.82, 2.24) is 0 Å². The molecular weight excluding hydrogens is 220 g/mol. The Kier molecular flexibility index (Phi) is 13.1. The van der Waals surface area contributed by atoms with Gasteiger partial charge in [-0.2, -0.15) is 0 Å². The summed E-state index contributed by atoms with van der Waals surface area (Å²) in [6, 6.07) is 0. The van der Waals surface area contributed by atoms with E-state index in [0.717, 1.165) is 18.9 Å². The van der Waals surface area contributed by atoms with Crippen molar-refractivity contribution < 1.29 is 19.1 Å². The normalized spacial score (nSPS) is 8.41. The van der Waals surface area contributed by atoms with Gasteiger partial charge < -0.3 is 9.47 Å². The topological polar surface area (TPSA) is 52.6 Å². The van der Waals surface area contributed by atoms with Gasteiger partial charge in [0.25, 0.3) is 0 Å². The number of unbranched alkanes of at least 4 members (excludes halogenated alkanes) is 1. The van der Waals surface area contributed by atoms with E-state index in [9.17, 15) is 9.59 Å². The molecule has 0 spiro atoms. The molecule has 0 rings (SSSR count). The maximum atomic E-state index is 10.9. The first kappa shape index (κ1) is 17.8. The molecule has 0 saturated carbocycles. The van der Waals surface area contributed by atoms with E-state index >= 15 is 0 Å². The smallest absolute Gasteiger partial charge is 0.333 e. The highest BCUT2D eigenvalue weighted by Crippen LogP contribution is 2.00. The predicted octanol–water partition coefficient (Wildman–Crippen LogP) is 2.64. The van der Waals surface area contributed by atoms with Crippen molar-refractivity contribution in [3.63, 3.8) is 0 Å². The van der Waals surface area contributed by atoms with Gasteiger partial charge in [0.2, 0.25) is 0 Å². The van der Waals surface area contributed by atoms with Crippen LogP contribution in [-0.2, 0) is 19.1 Å². The fraction of sp³-hybridized carbons (Fsp3) is 0.538. The van der Waals surface area contributed by atoms with Crippen LogP contribution in [0, 0.1) is 0 Å². The van der Waals surface area contributed by atoms with Gasteiger partial charge in [-0.25, -0.2) is 9.59 Å². The second-order valence-corrected chi connectivity index (χ2v) is 3.17. The molecule has 0 aliphatic rings. The van der Waals surface area contributed by atoms with Gasteiger partial charge >= 0.3 is 11.9 Å². The lowest BCUT2D eigenvalue weighted by atomic mass is 10.2. The number of hydrogen-bond donors (Lipinski definition) is 0. The predicted molar refractivity (Wildman–Crippen MR) is 67.5 cm³/mol. The highest BCUT2D eigenvalue weighted by atomic mass is 16.5.